The third-order valence-electron chi connectivity index (χ3n) is 3.64. The summed E-state index contributed by atoms with van der Waals surface area (Å²) in [7, 11) is 0. The average Bonchev–Trinajstić information content (AvgIpc) is 2.43. The Morgan fingerprint density at radius 3 is 2.65 bits per heavy atom. The van der Waals surface area contributed by atoms with E-state index in [-0.39, 0.29) is 16.5 Å². The predicted octanol–water partition coefficient (Wildman–Crippen LogP) is 2.84. The van der Waals surface area contributed by atoms with Crippen LogP contribution in [0.15, 0.2) is 18.2 Å². The van der Waals surface area contributed by atoms with Gasteiger partial charge in [0.05, 0.1) is 12.0 Å². The normalized spacial score (nSPS) is 18.4. The maximum atomic E-state index is 13.9. The SMILES string of the molecule is N#CC(c1c(F)cccc1Cl)N1CCC(C(=O)O)CC1. The second-order valence-corrected chi connectivity index (χ2v) is 5.22. The molecule has 0 spiro atoms. The van der Waals surface area contributed by atoms with Crippen molar-refractivity contribution in [3.8, 4) is 6.07 Å². The second kappa shape index (κ2) is 6.21. The molecule has 0 bridgehead atoms. The van der Waals surface area contributed by atoms with Gasteiger partial charge < -0.3 is 5.11 Å². The van der Waals surface area contributed by atoms with Crippen LogP contribution in [0.4, 0.5) is 4.39 Å². The summed E-state index contributed by atoms with van der Waals surface area (Å²) >= 11 is 5.99. The van der Waals surface area contributed by atoms with Crippen molar-refractivity contribution in [3.05, 3.63) is 34.6 Å². The van der Waals surface area contributed by atoms with Crippen molar-refractivity contribution in [2.24, 2.45) is 5.92 Å². The molecule has 0 radical (unpaired) electrons. The lowest BCUT2D eigenvalue weighted by Gasteiger charge is -2.33. The van der Waals surface area contributed by atoms with Gasteiger partial charge in [-0.25, -0.2) is 4.39 Å². The fourth-order valence-electron chi connectivity index (χ4n) is 2.51. The Morgan fingerprint density at radius 2 is 2.15 bits per heavy atom. The lowest BCUT2D eigenvalue weighted by Crippen LogP contribution is -2.38. The third-order valence-corrected chi connectivity index (χ3v) is 3.97. The number of hydrogen-bond donors (Lipinski definition) is 1. The Kier molecular flexibility index (Phi) is 4.58. The standard InChI is InChI=1S/C14H14ClFN2O2/c15-10-2-1-3-11(16)13(10)12(8-17)18-6-4-9(5-7-18)14(19)20/h1-3,9,12H,4-7H2,(H,19,20). The summed E-state index contributed by atoms with van der Waals surface area (Å²) in [4.78, 5) is 12.7. The van der Waals surface area contributed by atoms with Crippen LogP contribution in [0.25, 0.3) is 0 Å². The van der Waals surface area contributed by atoms with Crippen molar-refractivity contribution < 1.29 is 14.3 Å². The Balaban J connectivity index is 2.19. The highest BCUT2D eigenvalue weighted by Gasteiger charge is 2.31. The molecule has 2 rings (SSSR count). The lowest BCUT2D eigenvalue weighted by atomic mass is 9.94. The Labute approximate surface area is 121 Å². The first kappa shape index (κ1) is 14.8. The van der Waals surface area contributed by atoms with Crippen LogP contribution in [-0.2, 0) is 4.79 Å². The molecule has 1 atom stereocenters. The molecule has 1 unspecified atom stereocenters. The van der Waals surface area contributed by atoms with Gasteiger partial charge in [-0.05, 0) is 25.0 Å². The van der Waals surface area contributed by atoms with E-state index in [1.54, 1.807) is 11.0 Å². The van der Waals surface area contributed by atoms with E-state index in [1.807, 2.05) is 0 Å². The average molecular weight is 297 g/mol. The molecule has 0 aromatic heterocycles. The van der Waals surface area contributed by atoms with E-state index < -0.39 is 17.8 Å². The highest BCUT2D eigenvalue weighted by molar-refractivity contribution is 6.31. The van der Waals surface area contributed by atoms with Crippen LogP contribution >= 0.6 is 11.6 Å². The predicted molar refractivity (Wildman–Crippen MR) is 71.7 cm³/mol. The molecule has 4 nitrogen and oxygen atoms in total. The molecular weight excluding hydrogens is 283 g/mol. The Bertz CT molecular complexity index is 530. The first-order chi connectivity index (χ1) is 9.54. The molecule has 0 aliphatic carbocycles. The number of nitrogens with zero attached hydrogens (tertiary/aromatic N) is 2. The molecule has 0 saturated carbocycles. The molecule has 6 heteroatoms. The Morgan fingerprint density at radius 1 is 1.50 bits per heavy atom. The van der Waals surface area contributed by atoms with Gasteiger partial charge in [0.1, 0.15) is 11.9 Å². The van der Waals surface area contributed by atoms with Crippen LogP contribution in [0.1, 0.15) is 24.4 Å². The molecule has 1 saturated heterocycles. The van der Waals surface area contributed by atoms with Gasteiger partial charge >= 0.3 is 5.97 Å². The van der Waals surface area contributed by atoms with E-state index in [0.717, 1.165) is 0 Å². The first-order valence-electron chi connectivity index (χ1n) is 6.35. The maximum absolute atomic E-state index is 13.9. The van der Waals surface area contributed by atoms with Crippen molar-refractivity contribution >= 4 is 17.6 Å². The van der Waals surface area contributed by atoms with Crippen LogP contribution < -0.4 is 0 Å². The second-order valence-electron chi connectivity index (χ2n) is 4.82. The molecule has 1 N–H and O–H groups in total. The number of nitriles is 1. The number of rotatable bonds is 3. The van der Waals surface area contributed by atoms with Gasteiger partial charge in [-0.15, -0.1) is 0 Å². The minimum absolute atomic E-state index is 0.172. The van der Waals surface area contributed by atoms with Crippen molar-refractivity contribution in [1.82, 2.24) is 4.90 Å². The summed E-state index contributed by atoms with van der Waals surface area (Å²) in [5, 5.41) is 18.5. The van der Waals surface area contributed by atoms with Gasteiger partial charge in [-0.1, -0.05) is 17.7 Å². The van der Waals surface area contributed by atoms with E-state index in [1.165, 1.54) is 12.1 Å². The van der Waals surface area contributed by atoms with Crippen LogP contribution in [-0.4, -0.2) is 29.1 Å². The summed E-state index contributed by atoms with van der Waals surface area (Å²) in [5.74, 6) is -1.71. The molecule has 106 valence electrons. The summed E-state index contributed by atoms with van der Waals surface area (Å²) in [6.45, 7) is 0.889. The number of carboxylic acid groups (broad SMARTS) is 1. The molecule has 1 aromatic rings. The van der Waals surface area contributed by atoms with Crippen molar-refractivity contribution in [2.75, 3.05) is 13.1 Å². The van der Waals surface area contributed by atoms with Crippen molar-refractivity contribution in [3.63, 3.8) is 0 Å². The molecule has 20 heavy (non-hydrogen) atoms. The molecule has 1 aromatic carbocycles. The van der Waals surface area contributed by atoms with Gasteiger partial charge in [0, 0.05) is 23.7 Å². The number of likely N-dealkylation sites (tertiary alicyclic amines) is 1. The number of aliphatic carboxylic acids is 1. The third kappa shape index (κ3) is 2.92. The molecule has 1 aliphatic heterocycles. The van der Waals surface area contributed by atoms with E-state index >= 15 is 0 Å². The number of carboxylic acids is 1. The summed E-state index contributed by atoms with van der Waals surface area (Å²) in [6, 6.07) is 5.60. The first-order valence-corrected chi connectivity index (χ1v) is 6.72. The summed E-state index contributed by atoms with van der Waals surface area (Å²) < 4.78 is 13.9. The van der Waals surface area contributed by atoms with Crippen molar-refractivity contribution in [2.45, 2.75) is 18.9 Å². The monoisotopic (exact) mass is 296 g/mol. The van der Waals surface area contributed by atoms with Crippen molar-refractivity contribution in [1.29, 1.82) is 5.26 Å². The van der Waals surface area contributed by atoms with E-state index in [2.05, 4.69) is 6.07 Å². The smallest absolute Gasteiger partial charge is 0.306 e. The fraction of sp³-hybridized carbons (Fsp3) is 0.429. The number of piperidine rings is 1. The number of hydrogen-bond acceptors (Lipinski definition) is 3. The Hall–Kier alpha value is -1.64. The highest BCUT2D eigenvalue weighted by Crippen LogP contribution is 2.32. The molecule has 0 amide bonds. The number of carbonyl (C=O) groups is 1. The van der Waals surface area contributed by atoms with Crippen LogP contribution in [0.5, 0.6) is 0 Å². The molecule has 1 heterocycles. The van der Waals surface area contributed by atoms with Crippen LogP contribution in [0.3, 0.4) is 0 Å². The van der Waals surface area contributed by atoms with E-state index in [4.69, 9.17) is 16.7 Å². The maximum Gasteiger partial charge on any atom is 0.306 e. The van der Waals surface area contributed by atoms with Gasteiger partial charge in [0.25, 0.3) is 0 Å². The number of halogens is 2. The molecule has 1 aliphatic rings. The van der Waals surface area contributed by atoms with Crippen LogP contribution in [0, 0.1) is 23.1 Å². The van der Waals surface area contributed by atoms with Gasteiger partial charge in [0.2, 0.25) is 0 Å². The molecular formula is C14H14ClFN2O2. The summed E-state index contributed by atoms with van der Waals surface area (Å²) in [5.41, 5.74) is 0.172. The van der Waals surface area contributed by atoms with Gasteiger partial charge in [-0.3, -0.25) is 9.69 Å². The van der Waals surface area contributed by atoms with E-state index in [9.17, 15) is 14.4 Å². The number of benzene rings is 1. The quantitative estimate of drug-likeness (QED) is 0.931. The van der Waals surface area contributed by atoms with Crippen LogP contribution in [0.2, 0.25) is 5.02 Å². The summed E-state index contributed by atoms with van der Waals surface area (Å²) in [6.07, 6.45) is 0.916. The zero-order valence-electron chi connectivity index (χ0n) is 10.7. The fourth-order valence-corrected chi connectivity index (χ4v) is 2.77. The van der Waals surface area contributed by atoms with Gasteiger partial charge in [0.15, 0.2) is 0 Å². The zero-order chi connectivity index (χ0) is 14.7. The zero-order valence-corrected chi connectivity index (χ0v) is 11.5. The minimum atomic E-state index is -0.818. The minimum Gasteiger partial charge on any atom is -0.481 e. The topological polar surface area (TPSA) is 64.3 Å². The van der Waals surface area contributed by atoms with Gasteiger partial charge in [-0.2, -0.15) is 5.26 Å². The highest BCUT2D eigenvalue weighted by atomic mass is 35.5. The lowest BCUT2D eigenvalue weighted by molar-refractivity contribution is -0.143. The molecule has 1 fully saturated rings. The van der Waals surface area contributed by atoms with E-state index in [0.29, 0.717) is 25.9 Å². The largest absolute Gasteiger partial charge is 0.481 e.